The van der Waals surface area contributed by atoms with Crippen molar-refractivity contribution < 1.29 is 66.2 Å². The molecule has 328 valence electrons. The number of carbonyl (C=O) groups excluding carboxylic acids is 4. The zero-order chi connectivity index (χ0) is 45.5. The molecule has 0 radical (unpaired) electrons. The molecule has 2 aliphatic heterocycles. The minimum Gasteiger partial charge on any atom is -0.493 e. The molecule has 20 heteroatoms. The van der Waals surface area contributed by atoms with Crippen LogP contribution in [0, 0.1) is 31.9 Å². The second-order valence-corrected chi connectivity index (χ2v) is 13.8. The largest absolute Gasteiger partial charge is 0.493 e. The van der Waals surface area contributed by atoms with Gasteiger partial charge in [0.05, 0.1) is 63.6 Å². The molecule has 6 rings (SSSR count). The minimum atomic E-state index is -1.18. The van der Waals surface area contributed by atoms with Gasteiger partial charge in [-0.05, 0) is 46.5 Å². The predicted molar refractivity (Wildman–Crippen MR) is 217 cm³/mol. The predicted octanol–water partition coefficient (Wildman–Crippen LogP) is 6.50. The van der Waals surface area contributed by atoms with Crippen LogP contribution in [0.2, 0.25) is 0 Å². The summed E-state index contributed by atoms with van der Waals surface area (Å²) in [6.45, 7) is -0.288. The van der Waals surface area contributed by atoms with E-state index in [9.17, 15) is 48.2 Å². The molecule has 4 aromatic carbocycles. The van der Waals surface area contributed by atoms with Crippen LogP contribution in [0.3, 0.4) is 0 Å². The summed E-state index contributed by atoms with van der Waals surface area (Å²) in [4.78, 5) is 78.3. The van der Waals surface area contributed by atoms with Crippen LogP contribution in [0.25, 0.3) is 11.1 Å². The summed E-state index contributed by atoms with van der Waals surface area (Å²) in [7, 11) is 4.76. The number of nitro benzene ring substituents is 2. The first-order chi connectivity index (χ1) is 30.2. The monoisotopic (exact) mass is 872 g/mol. The van der Waals surface area contributed by atoms with E-state index in [-0.39, 0.29) is 55.5 Å². The van der Waals surface area contributed by atoms with Gasteiger partial charge in [0.1, 0.15) is 34.8 Å². The Labute approximate surface area is 357 Å². The lowest BCUT2D eigenvalue weighted by molar-refractivity contribution is -0.385. The van der Waals surface area contributed by atoms with Crippen LogP contribution in [0.1, 0.15) is 51.1 Å². The van der Waals surface area contributed by atoms with Gasteiger partial charge in [-0.1, -0.05) is 24.3 Å². The van der Waals surface area contributed by atoms with E-state index >= 15 is 0 Å². The summed E-state index contributed by atoms with van der Waals surface area (Å²) < 4.78 is 59.4. The van der Waals surface area contributed by atoms with Gasteiger partial charge in [-0.25, -0.2) is 18.4 Å². The molecule has 18 nitrogen and oxygen atoms in total. The van der Waals surface area contributed by atoms with E-state index < -0.39 is 79.8 Å². The first kappa shape index (κ1) is 44.6. The molecular formula is C43H38F2N4O14. The molecule has 0 N–H and O–H groups in total. The first-order valence-corrected chi connectivity index (χ1v) is 18.9. The first-order valence-electron chi connectivity index (χ1n) is 18.9. The Bertz CT molecular complexity index is 2360. The van der Waals surface area contributed by atoms with Crippen molar-refractivity contribution in [1.82, 2.24) is 9.80 Å². The molecule has 1 unspecified atom stereocenters. The van der Waals surface area contributed by atoms with Crippen molar-refractivity contribution in [3.05, 3.63) is 139 Å². The lowest BCUT2D eigenvalue weighted by atomic mass is 10.0. The van der Waals surface area contributed by atoms with Crippen molar-refractivity contribution in [1.29, 1.82) is 0 Å². The SMILES string of the molecule is COC(=O)C1CC(c2ccc(F)cc2)=CN1C(=O)c1cc(OC)c(OCCCOc2cc([N+](=O)[O-])c(C(=O)N3C=C(c4ccc(F)cc4)C[C@H]3C(=O)OC)cc2OC)cc1[N+](=O)[O-]. The number of rotatable bonds is 16. The molecule has 2 heterocycles. The average molecular weight is 873 g/mol. The molecule has 0 fully saturated rings. The van der Waals surface area contributed by atoms with Crippen molar-refractivity contribution in [2.45, 2.75) is 31.3 Å². The Morgan fingerprint density at radius 2 is 0.968 bits per heavy atom. The van der Waals surface area contributed by atoms with Gasteiger partial charge in [0.15, 0.2) is 23.0 Å². The summed E-state index contributed by atoms with van der Waals surface area (Å²) in [5, 5.41) is 24.6. The number of hydrogen-bond acceptors (Lipinski definition) is 14. The number of amides is 2. The summed E-state index contributed by atoms with van der Waals surface area (Å²) in [6.07, 6.45) is 2.78. The number of nitrogens with zero attached hydrogens (tertiary/aromatic N) is 4. The molecule has 0 aromatic heterocycles. The Balaban J connectivity index is 1.17. The van der Waals surface area contributed by atoms with Crippen molar-refractivity contribution in [3.8, 4) is 23.0 Å². The second-order valence-electron chi connectivity index (χ2n) is 13.8. The van der Waals surface area contributed by atoms with Gasteiger partial charge in [-0.15, -0.1) is 0 Å². The van der Waals surface area contributed by atoms with E-state index in [1.807, 2.05) is 0 Å². The van der Waals surface area contributed by atoms with E-state index in [4.69, 9.17) is 28.4 Å². The fourth-order valence-electron chi connectivity index (χ4n) is 7.00. The van der Waals surface area contributed by atoms with Crippen LogP contribution in [0.15, 0.2) is 85.2 Å². The van der Waals surface area contributed by atoms with Gasteiger partial charge in [-0.3, -0.25) is 39.6 Å². The van der Waals surface area contributed by atoms with Crippen molar-refractivity contribution in [2.24, 2.45) is 0 Å². The number of esters is 2. The molecule has 4 aromatic rings. The zero-order valence-corrected chi connectivity index (χ0v) is 34.0. The Morgan fingerprint density at radius 1 is 0.603 bits per heavy atom. The Morgan fingerprint density at radius 3 is 1.29 bits per heavy atom. The molecular weight excluding hydrogens is 834 g/mol. The standard InChI is InChI=1S/C43H38F2N4O14/c1-58-36-18-30(40(50)46-22-26(16-34(46)42(52)60-3)24-6-10-28(44)11-7-24)32(48(54)55)20-38(36)62-14-5-15-63-39-21-33(49(56)57)31(19-37(39)59-2)41(51)47-23-27(17-35(47)43(53)61-4)25-8-12-29(45)13-9-25/h6-13,18-23,34-35H,5,14-17H2,1-4H3/t34-,35?/m0/s1. The van der Waals surface area contributed by atoms with Crippen molar-refractivity contribution in [3.63, 3.8) is 0 Å². The van der Waals surface area contributed by atoms with Crippen LogP contribution in [-0.4, -0.2) is 97.1 Å². The number of carbonyl (C=O) groups is 4. The van der Waals surface area contributed by atoms with E-state index in [0.717, 1.165) is 48.3 Å². The molecule has 2 amide bonds. The Kier molecular flexibility index (Phi) is 13.6. The average Bonchev–Trinajstić information content (AvgIpc) is 3.94. The molecule has 63 heavy (non-hydrogen) atoms. The number of ether oxygens (including phenoxy) is 6. The maximum absolute atomic E-state index is 13.9. The van der Waals surface area contributed by atoms with E-state index in [1.165, 1.54) is 75.2 Å². The van der Waals surface area contributed by atoms with Crippen LogP contribution in [0.4, 0.5) is 20.2 Å². The molecule has 2 aliphatic rings. The molecule has 0 saturated heterocycles. The lowest BCUT2D eigenvalue weighted by Crippen LogP contribution is -2.39. The van der Waals surface area contributed by atoms with Crippen LogP contribution < -0.4 is 18.9 Å². The highest BCUT2D eigenvalue weighted by Crippen LogP contribution is 2.40. The maximum Gasteiger partial charge on any atom is 0.329 e. The summed E-state index contributed by atoms with van der Waals surface area (Å²) in [6, 6.07) is 12.6. The highest BCUT2D eigenvalue weighted by Gasteiger charge is 2.41. The van der Waals surface area contributed by atoms with Gasteiger partial charge in [-0.2, -0.15) is 0 Å². The van der Waals surface area contributed by atoms with Crippen LogP contribution in [0.5, 0.6) is 23.0 Å². The lowest BCUT2D eigenvalue weighted by Gasteiger charge is -2.22. The molecule has 0 bridgehead atoms. The van der Waals surface area contributed by atoms with Gasteiger partial charge in [0, 0.05) is 43.8 Å². The third-order valence-electron chi connectivity index (χ3n) is 10.2. The second kappa shape index (κ2) is 19.2. The van der Waals surface area contributed by atoms with E-state index in [2.05, 4.69) is 0 Å². The van der Waals surface area contributed by atoms with E-state index in [1.54, 1.807) is 0 Å². The highest BCUT2D eigenvalue weighted by atomic mass is 19.1. The number of hydrogen-bond donors (Lipinski definition) is 0. The highest BCUT2D eigenvalue weighted by molar-refractivity contribution is 6.04. The molecule has 2 atom stereocenters. The third kappa shape index (κ3) is 9.54. The third-order valence-corrected chi connectivity index (χ3v) is 10.2. The topological polar surface area (TPSA) is 216 Å². The van der Waals surface area contributed by atoms with Crippen molar-refractivity contribution in [2.75, 3.05) is 41.7 Å². The smallest absolute Gasteiger partial charge is 0.329 e. The molecule has 0 aliphatic carbocycles. The van der Waals surface area contributed by atoms with Gasteiger partial charge in [0.25, 0.3) is 23.2 Å². The van der Waals surface area contributed by atoms with Crippen LogP contribution in [-0.2, 0) is 19.1 Å². The van der Waals surface area contributed by atoms with Crippen molar-refractivity contribution >= 4 is 46.3 Å². The van der Waals surface area contributed by atoms with Gasteiger partial charge >= 0.3 is 11.9 Å². The molecule has 0 spiro atoms. The Hall–Kier alpha value is -7.90. The summed E-state index contributed by atoms with van der Waals surface area (Å²) in [5.74, 6) is -4.74. The maximum atomic E-state index is 13.9. The van der Waals surface area contributed by atoms with E-state index in [0.29, 0.717) is 22.3 Å². The zero-order valence-electron chi connectivity index (χ0n) is 34.0. The normalized spacial score (nSPS) is 15.5. The van der Waals surface area contributed by atoms with Crippen LogP contribution >= 0.6 is 0 Å². The quantitative estimate of drug-likeness (QED) is 0.0508. The fraction of sp³-hybridized carbons (Fsp3) is 0.256. The van der Waals surface area contributed by atoms with Gasteiger partial charge < -0.3 is 28.4 Å². The number of benzene rings is 4. The summed E-state index contributed by atoms with van der Waals surface area (Å²) in [5.41, 5.74) is -0.175. The fourth-order valence-corrected chi connectivity index (χ4v) is 7.00. The number of methoxy groups -OCH3 is 4. The minimum absolute atomic E-state index is 0.00576. The number of halogens is 2. The summed E-state index contributed by atoms with van der Waals surface area (Å²) >= 11 is 0. The number of nitro groups is 2. The molecule has 0 saturated carbocycles. The van der Waals surface area contributed by atoms with Gasteiger partial charge in [0.2, 0.25) is 0 Å².